The summed E-state index contributed by atoms with van der Waals surface area (Å²) in [6, 6.07) is 5.24. The Labute approximate surface area is 194 Å². The summed E-state index contributed by atoms with van der Waals surface area (Å²) in [5, 5.41) is 0. The van der Waals surface area contributed by atoms with Crippen molar-refractivity contribution >= 4 is 17.7 Å². The topological polar surface area (TPSA) is 76.2 Å². The Morgan fingerprint density at radius 1 is 1.27 bits per heavy atom. The van der Waals surface area contributed by atoms with Crippen molar-refractivity contribution in [2.24, 2.45) is 5.41 Å². The lowest BCUT2D eigenvalue weighted by molar-refractivity contribution is -0.176. The molecule has 0 spiro atoms. The zero-order valence-electron chi connectivity index (χ0n) is 19.9. The third kappa shape index (κ3) is 5.17. The summed E-state index contributed by atoms with van der Waals surface area (Å²) in [5.74, 6) is -1.35. The van der Waals surface area contributed by atoms with Crippen LogP contribution in [0.1, 0.15) is 37.8 Å². The van der Waals surface area contributed by atoms with Crippen LogP contribution >= 0.6 is 0 Å². The number of aryl methyl sites for hydroxylation is 1. The number of ketones is 1. The maximum absolute atomic E-state index is 14.1. The van der Waals surface area contributed by atoms with Crippen LogP contribution in [0.2, 0.25) is 0 Å². The number of halogens is 1. The van der Waals surface area contributed by atoms with Gasteiger partial charge in [0.2, 0.25) is 5.91 Å². The Morgan fingerprint density at radius 2 is 1.94 bits per heavy atom. The first-order valence-corrected chi connectivity index (χ1v) is 11.3. The van der Waals surface area contributed by atoms with E-state index in [1.54, 1.807) is 11.8 Å². The molecule has 180 valence electrons. The van der Waals surface area contributed by atoms with Crippen molar-refractivity contribution in [3.8, 4) is 0 Å². The van der Waals surface area contributed by atoms with Crippen LogP contribution in [0.25, 0.3) is 0 Å². The number of carbonyl (C=O) groups excluding carboxylic acids is 3. The number of amides is 1. The number of nitrogens with zero attached hydrogens (tertiary/aromatic N) is 2. The van der Waals surface area contributed by atoms with Gasteiger partial charge in [-0.05, 0) is 38.8 Å². The number of ether oxygens (including phenoxy) is 2. The summed E-state index contributed by atoms with van der Waals surface area (Å²) in [5.41, 5.74) is 0.247. The number of hydrogen-bond donors (Lipinski definition) is 0. The normalized spacial score (nSPS) is 26.4. The summed E-state index contributed by atoms with van der Waals surface area (Å²) in [6.07, 6.45) is -0.924. The smallest absolute Gasteiger partial charge is 0.322 e. The van der Waals surface area contributed by atoms with Crippen molar-refractivity contribution in [1.29, 1.82) is 0 Å². The molecule has 2 heterocycles. The standard InChI is InChI=1S/C25H33FN2O5/c1-16-6-7-19(20(26)14-16)15-27-10-12-28(13-11-27)22(29)9-8-21-25(4,24(31)32-5)23(30)17(2)18(3)33-21/h6-7,14,18,21H,2,8-13,15H2,1,3-5H3. The predicted molar refractivity (Wildman–Crippen MR) is 121 cm³/mol. The molecule has 0 aromatic heterocycles. The molecule has 1 amide bonds. The Kier molecular flexibility index (Phi) is 7.69. The number of piperazine rings is 1. The molecule has 2 aliphatic rings. The van der Waals surface area contributed by atoms with Crippen LogP contribution < -0.4 is 0 Å². The van der Waals surface area contributed by atoms with Crippen LogP contribution in [-0.4, -0.2) is 73.0 Å². The fourth-order valence-electron chi connectivity index (χ4n) is 4.51. The first-order valence-electron chi connectivity index (χ1n) is 11.3. The van der Waals surface area contributed by atoms with E-state index >= 15 is 0 Å². The molecule has 7 nitrogen and oxygen atoms in total. The second kappa shape index (κ2) is 10.1. The highest BCUT2D eigenvalue weighted by Gasteiger charge is 2.54. The SMILES string of the molecule is C=C1C(=O)C(C)(C(=O)OC)C(CCC(=O)N2CCN(Cc3ccc(C)cc3F)CC2)OC1C. The largest absolute Gasteiger partial charge is 0.468 e. The lowest BCUT2D eigenvalue weighted by Gasteiger charge is -2.41. The number of hydrogen-bond acceptors (Lipinski definition) is 6. The van der Waals surface area contributed by atoms with Gasteiger partial charge in [0.15, 0.2) is 11.2 Å². The maximum Gasteiger partial charge on any atom is 0.322 e. The van der Waals surface area contributed by atoms with E-state index in [0.717, 1.165) is 5.56 Å². The van der Waals surface area contributed by atoms with E-state index in [0.29, 0.717) is 38.3 Å². The van der Waals surface area contributed by atoms with Gasteiger partial charge in [-0.3, -0.25) is 19.3 Å². The van der Waals surface area contributed by atoms with Crippen molar-refractivity contribution in [1.82, 2.24) is 9.80 Å². The lowest BCUT2D eigenvalue weighted by Crippen LogP contribution is -2.55. The van der Waals surface area contributed by atoms with Gasteiger partial charge in [0, 0.05) is 50.3 Å². The minimum atomic E-state index is -1.52. The lowest BCUT2D eigenvalue weighted by atomic mass is 9.72. The van der Waals surface area contributed by atoms with Gasteiger partial charge in [-0.15, -0.1) is 0 Å². The van der Waals surface area contributed by atoms with Crippen molar-refractivity contribution in [2.75, 3.05) is 33.3 Å². The monoisotopic (exact) mass is 460 g/mol. The van der Waals surface area contributed by atoms with Crippen molar-refractivity contribution in [3.05, 3.63) is 47.3 Å². The van der Waals surface area contributed by atoms with E-state index in [4.69, 9.17) is 9.47 Å². The third-order valence-electron chi connectivity index (χ3n) is 6.82. The fraction of sp³-hybridized carbons (Fsp3) is 0.560. The number of benzene rings is 1. The molecule has 2 fully saturated rings. The highest BCUT2D eigenvalue weighted by atomic mass is 19.1. The van der Waals surface area contributed by atoms with Crippen molar-refractivity contribution in [2.45, 2.75) is 52.4 Å². The minimum Gasteiger partial charge on any atom is -0.468 e. The van der Waals surface area contributed by atoms with E-state index in [1.165, 1.54) is 20.1 Å². The zero-order chi connectivity index (χ0) is 24.3. The van der Waals surface area contributed by atoms with Crippen LogP contribution in [-0.2, 0) is 30.4 Å². The number of Topliss-reactive ketones (excluding diaryl/α,β-unsaturated/α-hetero) is 1. The number of esters is 1. The Morgan fingerprint density at radius 3 is 2.55 bits per heavy atom. The molecular formula is C25H33FN2O5. The molecule has 2 aliphatic heterocycles. The molecule has 33 heavy (non-hydrogen) atoms. The van der Waals surface area contributed by atoms with Crippen LogP contribution in [0.4, 0.5) is 4.39 Å². The Bertz CT molecular complexity index is 941. The Balaban J connectivity index is 1.55. The first kappa shape index (κ1) is 25.1. The molecule has 0 bridgehead atoms. The fourth-order valence-corrected chi connectivity index (χ4v) is 4.51. The summed E-state index contributed by atoms with van der Waals surface area (Å²) in [7, 11) is 1.23. The molecular weight excluding hydrogens is 427 g/mol. The van der Waals surface area contributed by atoms with Crippen molar-refractivity contribution in [3.63, 3.8) is 0 Å². The van der Waals surface area contributed by atoms with Gasteiger partial charge < -0.3 is 14.4 Å². The minimum absolute atomic E-state index is 0.0588. The second-order valence-electron chi connectivity index (χ2n) is 9.11. The average molecular weight is 461 g/mol. The molecule has 0 N–H and O–H groups in total. The second-order valence-corrected chi connectivity index (χ2v) is 9.11. The zero-order valence-corrected chi connectivity index (χ0v) is 19.9. The van der Waals surface area contributed by atoms with Gasteiger partial charge in [0.25, 0.3) is 0 Å². The quantitative estimate of drug-likeness (QED) is 0.369. The molecule has 3 atom stereocenters. The number of methoxy groups -OCH3 is 1. The van der Waals surface area contributed by atoms with E-state index in [-0.39, 0.29) is 30.1 Å². The summed E-state index contributed by atoms with van der Waals surface area (Å²) in [4.78, 5) is 42.0. The average Bonchev–Trinajstić information content (AvgIpc) is 2.80. The Hall–Kier alpha value is -2.58. The highest BCUT2D eigenvalue weighted by molar-refractivity contribution is 6.13. The van der Waals surface area contributed by atoms with E-state index in [9.17, 15) is 18.8 Å². The van der Waals surface area contributed by atoms with Crippen LogP contribution in [0.15, 0.2) is 30.4 Å². The molecule has 3 unspecified atom stereocenters. The molecule has 0 radical (unpaired) electrons. The van der Waals surface area contributed by atoms with E-state index < -0.39 is 29.4 Å². The van der Waals surface area contributed by atoms with Crippen LogP contribution in [0.5, 0.6) is 0 Å². The van der Waals surface area contributed by atoms with Gasteiger partial charge in [-0.25, -0.2) is 4.39 Å². The first-order chi connectivity index (χ1) is 15.6. The number of carbonyl (C=O) groups is 3. The van der Waals surface area contributed by atoms with Gasteiger partial charge in [-0.2, -0.15) is 0 Å². The van der Waals surface area contributed by atoms with Crippen LogP contribution in [0.3, 0.4) is 0 Å². The number of rotatable bonds is 6. The molecule has 8 heteroatoms. The van der Waals surface area contributed by atoms with Gasteiger partial charge in [-0.1, -0.05) is 18.7 Å². The molecule has 3 rings (SSSR count). The third-order valence-corrected chi connectivity index (χ3v) is 6.82. The summed E-state index contributed by atoms with van der Waals surface area (Å²) >= 11 is 0. The van der Waals surface area contributed by atoms with Crippen LogP contribution in [0, 0.1) is 18.2 Å². The molecule has 0 aliphatic carbocycles. The molecule has 1 aromatic carbocycles. The van der Waals surface area contributed by atoms with E-state index in [2.05, 4.69) is 11.5 Å². The van der Waals surface area contributed by atoms with Gasteiger partial charge in [0.1, 0.15) is 5.82 Å². The highest BCUT2D eigenvalue weighted by Crippen LogP contribution is 2.39. The molecule has 2 saturated heterocycles. The van der Waals surface area contributed by atoms with Gasteiger partial charge >= 0.3 is 5.97 Å². The molecule has 1 aromatic rings. The van der Waals surface area contributed by atoms with Crippen molar-refractivity contribution < 1.29 is 28.2 Å². The summed E-state index contributed by atoms with van der Waals surface area (Å²) < 4.78 is 24.9. The summed E-state index contributed by atoms with van der Waals surface area (Å²) in [6.45, 7) is 11.7. The maximum atomic E-state index is 14.1. The molecule has 0 saturated carbocycles. The van der Waals surface area contributed by atoms with Gasteiger partial charge in [0.05, 0.1) is 19.3 Å². The van der Waals surface area contributed by atoms with E-state index in [1.807, 2.05) is 19.1 Å². The predicted octanol–water partition coefficient (Wildman–Crippen LogP) is 2.65.